The van der Waals surface area contributed by atoms with Gasteiger partial charge in [0.2, 0.25) is 0 Å². The molecule has 0 aromatic carbocycles. The molecule has 13 heavy (non-hydrogen) atoms. The van der Waals surface area contributed by atoms with Gasteiger partial charge >= 0.3 is 0 Å². The minimum Gasteiger partial charge on any atom is -0.313 e. The Bertz CT molecular complexity index is 165. The van der Waals surface area contributed by atoms with E-state index in [1.54, 1.807) is 0 Å². The molecule has 0 spiro atoms. The second-order valence-electron chi connectivity index (χ2n) is 4.70. The fraction of sp³-hybridized carbons (Fsp3) is 0.909. The van der Waals surface area contributed by atoms with Crippen molar-refractivity contribution in [1.29, 1.82) is 0 Å². The Morgan fingerprint density at radius 1 is 1.46 bits per heavy atom. The zero-order valence-corrected chi connectivity index (χ0v) is 8.81. The van der Waals surface area contributed by atoms with Crippen molar-refractivity contribution >= 4 is 6.29 Å². The zero-order chi connectivity index (χ0) is 9.73. The molecule has 0 heterocycles. The Kier molecular flexibility index (Phi) is 3.91. The zero-order valence-electron chi connectivity index (χ0n) is 8.81. The summed E-state index contributed by atoms with van der Waals surface area (Å²) < 4.78 is 0. The van der Waals surface area contributed by atoms with Crippen LogP contribution in [0, 0.1) is 5.41 Å². The van der Waals surface area contributed by atoms with Crippen LogP contribution >= 0.6 is 0 Å². The Morgan fingerprint density at radius 3 is 2.85 bits per heavy atom. The van der Waals surface area contributed by atoms with Crippen LogP contribution in [0.25, 0.3) is 0 Å². The summed E-state index contributed by atoms with van der Waals surface area (Å²) in [6.45, 7) is 5.49. The van der Waals surface area contributed by atoms with Crippen molar-refractivity contribution in [3.63, 3.8) is 0 Å². The van der Waals surface area contributed by atoms with Crippen LogP contribution in [-0.4, -0.2) is 18.9 Å². The Labute approximate surface area is 81.1 Å². The maximum Gasteiger partial charge on any atom is 0.121 e. The lowest BCUT2D eigenvalue weighted by Crippen LogP contribution is -2.44. The number of carbonyl (C=O) groups is 1. The Morgan fingerprint density at radius 2 is 2.23 bits per heavy atom. The van der Waals surface area contributed by atoms with Crippen molar-refractivity contribution in [2.24, 2.45) is 5.41 Å². The summed E-state index contributed by atoms with van der Waals surface area (Å²) in [5.41, 5.74) is 0.418. The van der Waals surface area contributed by atoms with E-state index in [4.69, 9.17) is 0 Å². The first-order valence-electron chi connectivity index (χ1n) is 5.34. The average Bonchev–Trinajstić information content (AvgIpc) is 2.08. The molecule has 1 aliphatic carbocycles. The average molecular weight is 183 g/mol. The SMILES string of the molecule is CC1(C)CCCCC1NCCC=O. The van der Waals surface area contributed by atoms with Gasteiger partial charge in [0.1, 0.15) is 6.29 Å². The van der Waals surface area contributed by atoms with Crippen molar-refractivity contribution in [3.05, 3.63) is 0 Å². The first-order chi connectivity index (χ1) is 6.17. The molecule has 0 saturated heterocycles. The molecule has 1 unspecified atom stereocenters. The van der Waals surface area contributed by atoms with Gasteiger partial charge in [-0.25, -0.2) is 0 Å². The van der Waals surface area contributed by atoms with Crippen molar-refractivity contribution in [2.45, 2.75) is 52.0 Å². The van der Waals surface area contributed by atoms with E-state index >= 15 is 0 Å². The Hall–Kier alpha value is -0.370. The molecule has 2 nitrogen and oxygen atoms in total. The molecule has 1 rings (SSSR count). The summed E-state index contributed by atoms with van der Waals surface area (Å²) in [6, 6.07) is 0.612. The highest BCUT2D eigenvalue weighted by atomic mass is 16.1. The number of hydrogen-bond donors (Lipinski definition) is 1. The molecule has 76 valence electrons. The van der Waals surface area contributed by atoms with Crippen LogP contribution < -0.4 is 5.32 Å². The molecular formula is C11H21NO. The van der Waals surface area contributed by atoms with Crippen molar-refractivity contribution in [2.75, 3.05) is 6.54 Å². The third-order valence-corrected chi connectivity index (χ3v) is 3.16. The number of carbonyl (C=O) groups excluding carboxylic acids is 1. The van der Waals surface area contributed by atoms with Crippen LogP contribution in [0.3, 0.4) is 0 Å². The summed E-state index contributed by atoms with van der Waals surface area (Å²) >= 11 is 0. The number of hydrogen-bond acceptors (Lipinski definition) is 2. The van der Waals surface area contributed by atoms with E-state index in [0.717, 1.165) is 12.8 Å². The lowest BCUT2D eigenvalue weighted by molar-refractivity contribution is -0.107. The smallest absolute Gasteiger partial charge is 0.121 e. The number of aldehydes is 1. The van der Waals surface area contributed by atoms with Gasteiger partial charge in [-0.1, -0.05) is 26.7 Å². The van der Waals surface area contributed by atoms with E-state index in [1.165, 1.54) is 25.7 Å². The van der Waals surface area contributed by atoms with Gasteiger partial charge in [-0.3, -0.25) is 0 Å². The van der Waals surface area contributed by atoms with Crippen LogP contribution in [-0.2, 0) is 4.79 Å². The standard InChI is InChI=1S/C11H21NO/c1-11(2)7-4-3-6-10(11)12-8-5-9-13/h9-10,12H,3-8H2,1-2H3. The molecule has 2 heteroatoms. The molecule has 0 aromatic heterocycles. The molecule has 0 amide bonds. The van der Waals surface area contributed by atoms with Crippen LogP contribution in [0.5, 0.6) is 0 Å². The van der Waals surface area contributed by atoms with Crippen molar-refractivity contribution < 1.29 is 4.79 Å². The van der Waals surface area contributed by atoms with Crippen LogP contribution in [0.1, 0.15) is 46.0 Å². The molecule has 1 fully saturated rings. The van der Waals surface area contributed by atoms with Gasteiger partial charge in [-0.2, -0.15) is 0 Å². The minimum atomic E-state index is 0.418. The molecule has 0 bridgehead atoms. The van der Waals surface area contributed by atoms with Gasteiger partial charge in [0.05, 0.1) is 0 Å². The van der Waals surface area contributed by atoms with Crippen LogP contribution in [0.15, 0.2) is 0 Å². The van der Waals surface area contributed by atoms with E-state index in [0.29, 0.717) is 17.9 Å². The molecule has 1 atom stereocenters. The second kappa shape index (κ2) is 4.75. The summed E-state index contributed by atoms with van der Waals surface area (Å²) in [4.78, 5) is 10.2. The van der Waals surface area contributed by atoms with Gasteiger partial charge in [0.15, 0.2) is 0 Å². The monoisotopic (exact) mass is 183 g/mol. The van der Waals surface area contributed by atoms with E-state index in [-0.39, 0.29) is 0 Å². The van der Waals surface area contributed by atoms with Crippen molar-refractivity contribution in [1.82, 2.24) is 5.32 Å². The molecule has 1 aliphatic rings. The fourth-order valence-corrected chi connectivity index (χ4v) is 2.19. The van der Waals surface area contributed by atoms with Crippen LogP contribution in [0.4, 0.5) is 0 Å². The molecule has 0 radical (unpaired) electrons. The van der Waals surface area contributed by atoms with Gasteiger partial charge in [-0.05, 0) is 18.3 Å². The first kappa shape index (κ1) is 10.7. The summed E-state index contributed by atoms with van der Waals surface area (Å²) in [5, 5.41) is 3.48. The summed E-state index contributed by atoms with van der Waals surface area (Å²) in [5.74, 6) is 0. The van der Waals surface area contributed by atoms with E-state index in [2.05, 4.69) is 19.2 Å². The van der Waals surface area contributed by atoms with Gasteiger partial charge in [-0.15, -0.1) is 0 Å². The molecular weight excluding hydrogens is 162 g/mol. The molecule has 1 saturated carbocycles. The predicted molar refractivity (Wildman–Crippen MR) is 54.7 cm³/mol. The lowest BCUT2D eigenvalue weighted by Gasteiger charge is -2.39. The Balaban J connectivity index is 2.32. The maximum absolute atomic E-state index is 10.2. The highest BCUT2D eigenvalue weighted by Crippen LogP contribution is 2.35. The quantitative estimate of drug-likeness (QED) is 0.534. The normalized spacial score (nSPS) is 27.1. The highest BCUT2D eigenvalue weighted by molar-refractivity contribution is 5.49. The molecule has 0 aromatic rings. The van der Waals surface area contributed by atoms with E-state index in [9.17, 15) is 4.79 Å². The van der Waals surface area contributed by atoms with Gasteiger partial charge < -0.3 is 10.1 Å². The lowest BCUT2D eigenvalue weighted by atomic mass is 9.73. The van der Waals surface area contributed by atoms with E-state index in [1.807, 2.05) is 0 Å². The number of rotatable bonds is 4. The summed E-state index contributed by atoms with van der Waals surface area (Å²) in [7, 11) is 0. The maximum atomic E-state index is 10.2. The largest absolute Gasteiger partial charge is 0.313 e. The van der Waals surface area contributed by atoms with Crippen molar-refractivity contribution in [3.8, 4) is 0 Å². The topological polar surface area (TPSA) is 29.1 Å². The second-order valence-corrected chi connectivity index (χ2v) is 4.70. The fourth-order valence-electron chi connectivity index (χ4n) is 2.19. The minimum absolute atomic E-state index is 0.418. The highest BCUT2D eigenvalue weighted by Gasteiger charge is 2.31. The first-order valence-corrected chi connectivity index (χ1v) is 5.34. The third kappa shape index (κ3) is 3.11. The summed E-state index contributed by atoms with van der Waals surface area (Å²) in [6.07, 6.45) is 6.91. The van der Waals surface area contributed by atoms with E-state index < -0.39 is 0 Å². The van der Waals surface area contributed by atoms with Gasteiger partial charge in [0, 0.05) is 19.0 Å². The number of nitrogens with one attached hydrogen (secondary N) is 1. The molecule has 0 aliphatic heterocycles. The van der Waals surface area contributed by atoms with Gasteiger partial charge in [0.25, 0.3) is 0 Å². The predicted octanol–water partition coefficient (Wildman–Crippen LogP) is 2.13. The molecule has 1 N–H and O–H groups in total. The third-order valence-electron chi connectivity index (χ3n) is 3.16. The van der Waals surface area contributed by atoms with Crippen LogP contribution in [0.2, 0.25) is 0 Å².